The number of anilines is 1. The molecular formula is C37H67NO14. The molecular weight excluding hydrogens is 682 g/mol. The maximum atomic E-state index is 12.1. The minimum Gasteiger partial charge on any atom is -0.460 e. The molecule has 52 heavy (non-hydrogen) atoms. The molecule has 0 atom stereocenters. The summed E-state index contributed by atoms with van der Waals surface area (Å²) in [6.07, 6.45) is 2.24. The summed E-state index contributed by atoms with van der Waals surface area (Å²) in [6, 6.07) is 7.29. The van der Waals surface area contributed by atoms with Gasteiger partial charge in [0.05, 0.1) is 158 Å². The van der Waals surface area contributed by atoms with Gasteiger partial charge in [-0.1, -0.05) is 13.3 Å². The van der Waals surface area contributed by atoms with Gasteiger partial charge in [0.15, 0.2) is 0 Å². The van der Waals surface area contributed by atoms with Gasteiger partial charge < -0.3 is 66.9 Å². The Labute approximate surface area is 311 Å². The molecule has 0 radical (unpaired) electrons. The van der Waals surface area contributed by atoms with Crippen LogP contribution in [0.4, 0.5) is 5.69 Å². The fourth-order valence-corrected chi connectivity index (χ4v) is 3.97. The Hall–Kier alpha value is -1.99. The summed E-state index contributed by atoms with van der Waals surface area (Å²) >= 11 is 0. The number of unbranched alkanes of at least 4 members (excludes halogenated alkanes) is 1. The summed E-state index contributed by atoms with van der Waals surface area (Å²) in [5, 5.41) is 3.32. The van der Waals surface area contributed by atoms with Crippen molar-refractivity contribution >= 4 is 11.7 Å². The first-order chi connectivity index (χ1) is 25.8. The fourth-order valence-electron chi connectivity index (χ4n) is 3.97. The lowest BCUT2D eigenvalue weighted by atomic mass is 10.2. The van der Waals surface area contributed by atoms with Crippen molar-refractivity contribution in [1.82, 2.24) is 0 Å². The van der Waals surface area contributed by atoms with E-state index in [0.717, 1.165) is 25.1 Å². The zero-order chi connectivity index (χ0) is 37.3. The summed E-state index contributed by atoms with van der Waals surface area (Å²) < 4.78 is 70.5. The first-order valence-electron chi connectivity index (χ1n) is 18.7. The molecule has 15 nitrogen and oxygen atoms in total. The molecule has 0 saturated heterocycles. The Morgan fingerprint density at radius 2 is 0.712 bits per heavy atom. The van der Waals surface area contributed by atoms with Crippen LogP contribution in [-0.2, 0) is 61.6 Å². The monoisotopic (exact) mass is 749 g/mol. The zero-order valence-electron chi connectivity index (χ0n) is 31.8. The molecule has 1 rings (SSSR count). The van der Waals surface area contributed by atoms with Crippen LogP contribution >= 0.6 is 0 Å². The number of nitrogens with one attached hydrogen (secondary N) is 1. The molecule has 0 heterocycles. The number of esters is 1. The van der Waals surface area contributed by atoms with Crippen molar-refractivity contribution in [2.24, 2.45) is 0 Å². The fraction of sp³-hybridized carbons (Fsp3) is 0.811. The maximum absolute atomic E-state index is 12.1. The predicted molar refractivity (Wildman–Crippen MR) is 196 cm³/mol. The van der Waals surface area contributed by atoms with E-state index in [1.54, 1.807) is 12.1 Å². The van der Waals surface area contributed by atoms with E-state index in [2.05, 4.69) is 12.2 Å². The Kier molecular flexibility index (Phi) is 37.1. The van der Waals surface area contributed by atoms with Crippen LogP contribution in [0.1, 0.15) is 37.0 Å². The quantitative estimate of drug-likeness (QED) is 0.0770. The van der Waals surface area contributed by atoms with Crippen LogP contribution < -0.4 is 5.32 Å². The topological polar surface area (TPSA) is 149 Å². The number of carbonyl (C=O) groups is 1. The Bertz CT molecular complexity index is 867. The molecule has 0 aromatic heterocycles. The van der Waals surface area contributed by atoms with Crippen molar-refractivity contribution in [3.8, 4) is 0 Å². The van der Waals surface area contributed by atoms with E-state index in [1.807, 2.05) is 19.1 Å². The second kappa shape index (κ2) is 40.2. The van der Waals surface area contributed by atoms with Gasteiger partial charge in [0.2, 0.25) is 0 Å². The predicted octanol–water partition coefficient (Wildman–Crippen LogP) is 3.27. The number of ether oxygens (including phenoxy) is 13. The average molecular weight is 750 g/mol. The summed E-state index contributed by atoms with van der Waals surface area (Å²) in [4.78, 5) is 12.1. The third kappa shape index (κ3) is 33.8. The molecule has 0 unspecified atom stereocenters. The van der Waals surface area contributed by atoms with E-state index in [-0.39, 0.29) is 12.6 Å². The van der Waals surface area contributed by atoms with Gasteiger partial charge in [-0.2, -0.15) is 0 Å². The van der Waals surface area contributed by atoms with Gasteiger partial charge >= 0.3 is 5.97 Å². The number of rotatable bonds is 42. The van der Waals surface area contributed by atoms with Crippen LogP contribution in [0, 0.1) is 0 Å². The number of benzene rings is 1. The van der Waals surface area contributed by atoms with Crippen molar-refractivity contribution < 1.29 is 66.4 Å². The summed E-state index contributed by atoms with van der Waals surface area (Å²) in [6.45, 7) is 17.3. The SMILES string of the molecule is CCCCNc1ccc(C(=O)OCCOCCOCCOCCOCCOCCOCCOCCOCCOCCOCCOCCOCC)cc1. The van der Waals surface area contributed by atoms with E-state index in [4.69, 9.17) is 61.6 Å². The van der Waals surface area contributed by atoms with Crippen LogP contribution in [-0.4, -0.2) is 178 Å². The molecule has 1 N–H and O–H groups in total. The molecule has 304 valence electrons. The molecule has 0 aliphatic heterocycles. The maximum Gasteiger partial charge on any atom is 0.338 e. The Morgan fingerprint density at radius 3 is 1.00 bits per heavy atom. The highest BCUT2D eigenvalue weighted by molar-refractivity contribution is 5.89. The molecule has 0 bridgehead atoms. The Balaban J connectivity index is 1.68. The highest BCUT2D eigenvalue weighted by Crippen LogP contribution is 2.11. The van der Waals surface area contributed by atoms with Crippen molar-refractivity contribution in [2.45, 2.75) is 26.7 Å². The molecule has 0 spiro atoms. The van der Waals surface area contributed by atoms with E-state index in [9.17, 15) is 4.79 Å². The second-order valence-electron chi connectivity index (χ2n) is 10.9. The third-order valence-electron chi connectivity index (χ3n) is 6.74. The molecule has 1 aromatic carbocycles. The third-order valence-corrected chi connectivity index (χ3v) is 6.74. The minimum absolute atomic E-state index is 0.189. The second-order valence-corrected chi connectivity index (χ2v) is 10.9. The van der Waals surface area contributed by atoms with Gasteiger partial charge in [-0.25, -0.2) is 4.79 Å². The minimum atomic E-state index is -0.362. The zero-order valence-corrected chi connectivity index (χ0v) is 31.8. The average Bonchev–Trinajstić information content (AvgIpc) is 3.16. The highest BCUT2D eigenvalue weighted by Gasteiger charge is 2.07. The molecule has 0 amide bonds. The summed E-state index contributed by atoms with van der Waals surface area (Å²) in [5.41, 5.74) is 1.51. The van der Waals surface area contributed by atoms with Gasteiger partial charge in [-0.3, -0.25) is 0 Å². The molecule has 0 aliphatic carbocycles. The van der Waals surface area contributed by atoms with E-state index < -0.39 is 0 Å². The van der Waals surface area contributed by atoms with Crippen molar-refractivity contribution in [1.29, 1.82) is 0 Å². The van der Waals surface area contributed by atoms with Gasteiger partial charge in [0.25, 0.3) is 0 Å². The van der Waals surface area contributed by atoms with Crippen molar-refractivity contribution in [3.63, 3.8) is 0 Å². The molecule has 0 saturated carbocycles. The highest BCUT2D eigenvalue weighted by atomic mass is 16.6. The van der Waals surface area contributed by atoms with Gasteiger partial charge in [-0.15, -0.1) is 0 Å². The van der Waals surface area contributed by atoms with E-state index in [1.165, 1.54) is 0 Å². The van der Waals surface area contributed by atoms with Crippen LogP contribution in [0.2, 0.25) is 0 Å². The molecule has 1 aromatic rings. The van der Waals surface area contributed by atoms with Crippen LogP contribution in [0.3, 0.4) is 0 Å². The van der Waals surface area contributed by atoms with Gasteiger partial charge in [0.1, 0.15) is 6.61 Å². The van der Waals surface area contributed by atoms with Gasteiger partial charge in [-0.05, 0) is 37.6 Å². The lowest BCUT2D eigenvalue weighted by molar-refractivity contribution is -0.0287. The van der Waals surface area contributed by atoms with Crippen molar-refractivity contribution in [2.75, 3.05) is 177 Å². The lowest BCUT2D eigenvalue weighted by Crippen LogP contribution is -2.16. The van der Waals surface area contributed by atoms with Crippen LogP contribution in [0.25, 0.3) is 0 Å². The van der Waals surface area contributed by atoms with Crippen LogP contribution in [0.5, 0.6) is 0 Å². The molecule has 0 aliphatic rings. The van der Waals surface area contributed by atoms with E-state index >= 15 is 0 Å². The number of carbonyl (C=O) groups excluding carboxylic acids is 1. The standard InChI is InChI=1S/C37H67NO14/c1-3-5-10-38-36-8-6-35(7-9-36)37(39)52-34-33-51-32-31-50-30-29-49-28-27-48-26-25-47-24-23-46-22-21-45-20-19-44-18-17-43-16-15-42-14-13-41-12-11-40-4-2/h6-9,38H,3-5,10-34H2,1-2H3. The lowest BCUT2D eigenvalue weighted by Gasteiger charge is -2.09. The number of hydrogen-bond donors (Lipinski definition) is 1. The van der Waals surface area contributed by atoms with Crippen molar-refractivity contribution in [3.05, 3.63) is 29.8 Å². The smallest absolute Gasteiger partial charge is 0.338 e. The normalized spacial score (nSPS) is 11.3. The van der Waals surface area contributed by atoms with Crippen LogP contribution in [0.15, 0.2) is 24.3 Å². The van der Waals surface area contributed by atoms with E-state index in [0.29, 0.717) is 164 Å². The Morgan fingerprint density at radius 1 is 0.423 bits per heavy atom. The number of hydrogen-bond acceptors (Lipinski definition) is 15. The van der Waals surface area contributed by atoms with Gasteiger partial charge in [0, 0.05) is 18.8 Å². The first-order valence-corrected chi connectivity index (χ1v) is 18.7. The largest absolute Gasteiger partial charge is 0.460 e. The molecule has 15 heteroatoms. The summed E-state index contributed by atoms with van der Waals surface area (Å²) in [5.74, 6) is -0.362. The first kappa shape index (κ1) is 48.0. The molecule has 0 fully saturated rings. The summed E-state index contributed by atoms with van der Waals surface area (Å²) in [7, 11) is 0.